The predicted molar refractivity (Wildman–Crippen MR) is 428 cm³/mol. The molecule has 2 N–H and O–H groups in total. The van der Waals surface area contributed by atoms with Gasteiger partial charge in [0.05, 0.1) is 22.8 Å². The zero-order valence-electron chi connectivity index (χ0n) is 68.1. The molecule has 0 unspecified atom stereocenters. The number of halogens is 8. The fourth-order valence-electron chi connectivity index (χ4n) is 7.35. The van der Waals surface area contributed by atoms with E-state index in [0.717, 1.165) is 86.8 Å². The van der Waals surface area contributed by atoms with E-state index in [1.165, 1.54) is 57.6 Å². The fraction of sp³-hybridized carbons (Fsp3) is 0.390. The summed E-state index contributed by atoms with van der Waals surface area (Å²) in [4.78, 5) is 46.4. The van der Waals surface area contributed by atoms with E-state index in [0.29, 0.717) is 11.1 Å². The van der Waals surface area contributed by atoms with E-state index in [9.17, 15) is 44.1 Å². The number of ether oxygens (including phenoxy) is 4. The van der Waals surface area contributed by atoms with Gasteiger partial charge in [0.1, 0.15) is 0 Å². The maximum atomic E-state index is 10.3. The number of carboxylic acids is 2. The number of carboxylic acid groups (broad SMARTS) is 2. The van der Waals surface area contributed by atoms with Crippen LogP contribution in [0, 0.1) is 43.6 Å². The van der Waals surface area contributed by atoms with E-state index in [-0.39, 0.29) is 93.5 Å². The van der Waals surface area contributed by atoms with Crippen molar-refractivity contribution < 1.29 is 115 Å². The van der Waals surface area contributed by atoms with Gasteiger partial charge in [0.15, 0.2) is 0 Å². The molecule has 0 bridgehead atoms. The number of benzene rings is 2. The largest absolute Gasteiger partial charge is 4.00 e. The van der Waals surface area contributed by atoms with Crippen LogP contribution in [0.4, 0.5) is 34.5 Å². The second-order valence-electron chi connectivity index (χ2n) is 25.3. The minimum Gasteiger partial charge on any atom is -0.478 e. The average molecular weight is 1880 g/mol. The summed E-state index contributed by atoms with van der Waals surface area (Å²) >= 11 is 0. The van der Waals surface area contributed by atoms with Crippen LogP contribution in [0.25, 0.3) is 33.9 Å². The number of hydrogen-bond acceptors (Lipinski definition) is 12. The number of rotatable bonds is 13. The number of carbonyl (C=O) groups is 2. The van der Waals surface area contributed by atoms with E-state index in [1.54, 1.807) is 49.1 Å². The third-order valence-corrected chi connectivity index (χ3v) is 12.8. The van der Waals surface area contributed by atoms with Gasteiger partial charge in [-0.15, -0.1) is 24.3 Å². The first-order valence-corrected chi connectivity index (χ1v) is 33.4. The number of pyridine rings is 6. The monoisotopic (exact) mass is 1880 g/mol. The fourth-order valence-corrected chi connectivity index (χ4v) is 7.35. The Labute approximate surface area is 673 Å². The van der Waals surface area contributed by atoms with Crippen LogP contribution in [-0.4, -0.2) is 119 Å². The zero-order valence-corrected chi connectivity index (χ0v) is 72.6. The Kier molecular flexibility index (Phi) is 71.3. The number of nitrogens with zero attached hydrogens (tertiary/aromatic N) is 6. The van der Waals surface area contributed by atoms with Crippen molar-refractivity contribution in [3.63, 3.8) is 0 Å². The van der Waals surface area contributed by atoms with Crippen molar-refractivity contribution in [2.45, 2.75) is 160 Å². The summed E-state index contributed by atoms with van der Waals surface area (Å²) in [6, 6.07) is 37.6. The molecule has 0 amide bonds. The Morgan fingerprint density at radius 3 is 0.630 bits per heavy atom. The van der Waals surface area contributed by atoms with Crippen molar-refractivity contribution in [3.8, 4) is 33.9 Å². The maximum Gasteiger partial charge on any atom is 4.00 e. The van der Waals surface area contributed by atoms with Gasteiger partial charge < -0.3 is 93.4 Å². The summed E-state index contributed by atoms with van der Waals surface area (Å²) < 4.78 is 97.3. The second-order valence-corrected chi connectivity index (χ2v) is 25.3. The molecule has 0 atom stereocenters. The second kappa shape index (κ2) is 64.6. The van der Waals surface area contributed by atoms with E-state index in [2.05, 4.69) is 175 Å². The minimum atomic E-state index is -6.00. The van der Waals surface area contributed by atoms with Crippen LogP contribution in [-0.2, 0) is 82.7 Å². The Balaban J connectivity index is -0.000000148. The van der Waals surface area contributed by atoms with Crippen LogP contribution in [0.15, 0.2) is 171 Å². The third kappa shape index (κ3) is 64.8. The standard InChI is InChI=1S/2C18H24N2.C10H8N2.2C8H7O2.4C4H10O.4CH3.2BF4.2Pt/c2*1-17(2,3)13-7-9-19-15(11-13)16-12-14(8-10-20-16)18(4,5)6;1-5-11-6-2-9(1)10-3-7-12-8-4-10;2*1-6-2-4-7(5-3-6)8(9)10;4*1-3-5-4-2;;;;;2*2-1(3,4)5;;/h2*7-12H,1-6H3;1-8H;2*2-5H,1H2,(H,9,10);4*3-4H2,1-2H3;4*1H3;;;;/q;;;2*-1;;;;;6*-1;2*+4. The van der Waals surface area contributed by atoms with Crippen molar-refractivity contribution in [2.24, 2.45) is 0 Å². The molecule has 8 rings (SSSR count). The van der Waals surface area contributed by atoms with Gasteiger partial charge in [-0.25, -0.2) is 9.59 Å². The average Bonchev–Trinajstić information content (AvgIpc) is 0.822. The van der Waals surface area contributed by atoms with E-state index in [4.69, 9.17) is 29.2 Å². The molecule has 0 spiro atoms. The molecule has 108 heavy (non-hydrogen) atoms. The van der Waals surface area contributed by atoms with Crippen LogP contribution in [0.1, 0.15) is 193 Å². The number of aromatic carboxylic acids is 2. The van der Waals surface area contributed by atoms with Gasteiger partial charge >= 0.3 is 68.6 Å². The van der Waals surface area contributed by atoms with Crippen molar-refractivity contribution in [1.82, 2.24) is 29.9 Å². The molecule has 0 saturated heterocycles. The SMILES string of the molecule is CC(C)(C)c1ccnc(-c2cc(C(C)(C)C)ccn2)c1.CC(C)(C)c1ccnc(-c2cc(C(C)(C)C)ccn2)c1.CCOCC.CCOCC.CCOCC.CCOCC.F[B-](F)(F)F.F[B-](F)(F)F.[CH2-]c1ccc(C(=O)O)cc1.[CH2-]c1ccc(C(=O)O)cc1.[CH3-].[CH3-].[CH3-].[CH3-].[Pt+4].[Pt+4].c1cc(-c2ccncc2)ccn1. The van der Waals surface area contributed by atoms with Crippen LogP contribution >= 0.6 is 0 Å². The summed E-state index contributed by atoms with van der Waals surface area (Å²) in [5.74, 6) is -1.81. The zero-order chi connectivity index (χ0) is 78.8. The summed E-state index contributed by atoms with van der Waals surface area (Å²) in [5, 5.41) is 16.9. The van der Waals surface area contributed by atoms with Crippen molar-refractivity contribution >= 4 is 26.4 Å². The van der Waals surface area contributed by atoms with Gasteiger partial charge in [0, 0.05) is 114 Å². The number of hydrogen-bond donors (Lipinski definition) is 2. The summed E-state index contributed by atoms with van der Waals surface area (Å²) in [7, 11) is -12.0. The molecule has 2 aromatic carbocycles. The summed E-state index contributed by atoms with van der Waals surface area (Å²) in [5.41, 5.74) is 14.0. The van der Waals surface area contributed by atoms with Gasteiger partial charge in [-0.05, 0) is 183 Å². The molecule has 8 aromatic rings. The Bertz CT molecular complexity index is 3090. The summed E-state index contributed by atoms with van der Waals surface area (Å²) in [6.07, 6.45) is 14.7. The molecule has 0 fully saturated rings. The predicted octanol–water partition coefficient (Wildman–Crippen LogP) is 23.3. The molecule has 0 aliphatic rings. The van der Waals surface area contributed by atoms with Gasteiger partial charge in [0.25, 0.3) is 0 Å². The van der Waals surface area contributed by atoms with Crippen molar-refractivity contribution in [2.75, 3.05) is 52.9 Å². The molecule has 0 aliphatic heterocycles. The van der Waals surface area contributed by atoms with Gasteiger partial charge in [-0.3, -0.25) is 29.9 Å². The molecule has 6 heterocycles. The van der Waals surface area contributed by atoms with Crippen molar-refractivity contribution in [3.05, 3.63) is 259 Å². The van der Waals surface area contributed by atoms with E-state index < -0.39 is 26.4 Å². The molecule has 610 valence electrons. The van der Waals surface area contributed by atoms with Gasteiger partial charge in [-0.1, -0.05) is 83.1 Å². The molecule has 0 aliphatic carbocycles. The molecule has 0 saturated carbocycles. The molecule has 14 nitrogen and oxygen atoms in total. The first-order chi connectivity index (χ1) is 47.4. The molecule has 26 heteroatoms. The van der Waals surface area contributed by atoms with Gasteiger partial charge in [0.2, 0.25) is 0 Å². The van der Waals surface area contributed by atoms with Crippen LogP contribution in [0.5, 0.6) is 0 Å². The normalized spacial score (nSPS) is 10.1. The first-order valence-electron chi connectivity index (χ1n) is 33.4. The van der Waals surface area contributed by atoms with Crippen LogP contribution in [0.2, 0.25) is 0 Å². The molecule has 6 aromatic heterocycles. The topological polar surface area (TPSA) is 189 Å². The molecular weight excluding hydrogens is 1760 g/mol. The summed E-state index contributed by atoms with van der Waals surface area (Å²) in [6.45, 7) is 56.5. The van der Waals surface area contributed by atoms with E-state index in [1.807, 2.05) is 104 Å². The van der Waals surface area contributed by atoms with Crippen molar-refractivity contribution in [1.29, 1.82) is 0 Å². The number of aromatic nitrogens is 6. The molecule has 0 radical (unpaired) electrons. The third-order valence-electron chi connectivity index (χ3n) is 12.8. The molecular formula is C82H122B2F8N6O8Pt2. The first kappa shape index (κ1) is 119. The quantitative estimate of drug-likeness (QED) is 0.0630. The smallest absolute Gasteiger partial charge is 0.478 e. The maximum absolute atomic E-state index is 10.3. The van der Waals surface area contributed by atoms with Crippen LogP contribution in [0.3, 0.4) is 0 Å². The minimum absolute atomic E-state index is 0. The van der Waals surface area contributed by atoms with Gasteiger partial charge in [-0.2, -0.15) is 49.2 Å². The van der Waals surface area contributed by atoms with E-state index >= 15 is 0 Å². The Morgan fingerprint density at radius 2 is 0.500 bits per heavy atom. The Morgan fingerprint density at radius 1 is 0.333 bits per heavy atom. The van der Waals surface area contributed by atoms with Crippen LogP contribution < -0.4 is 0 Å². The Hall–Kier alpha value is -7.19.